The van der Waals surface area contributed by atoms with E-state index in [1.807, 2.05) is 27.7 Å². The molecule has 6 heteroatoms. The van der Waals surface area contributed by atoms with Crippen LogP contribution in [0.1, 0.15) is 34.1 Å². The number of benzene rings is 1. The zero-order valence-corrected chi connectivity index (χ0v) is 14.0. The number of halogens is 1. The van der Waals surface area contributed by atoms with E-state index in [0.29, 0.717) is 22.8 Å². The molecule has 5 nitrogen and oxygen atoms in total. The fourth-order valence-electron chi connectivity index (χ4n) is 3.18. The fraction of sp³-hybridized carbons (Fsp3) is 0.500. The van der Waals surface area contributed by atoms with E-state index in [1.54, 1.807) is 24.3 Å². The Hall–Kier alpha value is -1.59. The van der Waals surface area contributed by atoms with Crippen molar-refractivity contribution in [3.05, 3.63) is 29.3 Å². The Labute approximate surface area is 135 Å². The average molecular weight is 324 g/mol. The Morgan fingerprint density at radius 2 is 1.91 bits per heavy atom. The van der Waals surface area contributed by atoms with Gasteiger partial charge in [0.25, 0.3) is 0 Å². The molecule has 1 unspecified atom stereocenters. The van der Waals surface area contributed by atoms with E-state index >= 15 is 0 Å². The molecular weight excluding hydrogens is 302 g/mol. The Morgan fingerprint density at radius 1 is 1.32 bits per heavy atom. The molecule has 0 bridgehead atoms. The molecule has 2 rings (SSSR count). The maximum Gasteiger partial charge on any atom is 0.233 e. The van der Waals surface area contributed by atoms with Crippen molar-refractivity contribution in [2.45, 2.75) is 45.2 Å². The first-order valence-electron chi connectivity index (χ1n) is 7.23. The third-order valence-electron chi connectivity index (χ3n) is 3.87. The van der Waals surface area contributed by atoms with E-state index in [9.17, 15) is 10.0 Å². The van der Waals surface area contributed by atoms with Gasteiger partial charge in [-0.1, -0.05) is 16.8 Å². The summed E-state index contributed by atoms with van der Waals surface area (Å²) in [7, 11) is 0. The monoisotopic (exact) mass is 323 g/mol. The van der Waals surface area contributed by atoms with E-state index in [1.165, 1.54) is 0 Å². The van der Waals surface area contributed by atoms with Crippen LogP contribution in [0.5, 0.6) is 0 Å². The Kier molecular flexibility index (Phi) is 4.49. The molecule has 1 aliphatic rings. The van der Waals surface area contributed by atoms with E-state index in [2.05, 4.69) is 15.8 Å². The van der Waals surface area contributed by atoms with Crippen LogP contribution in [0.25, 0.3) is 0 Å². The number of nitrogens with zero attached hydrogens (tertiary/aromatic N) is 1. The summed E-state index contributed by atoms with van der Waals surface area (Å²) in [5, 5.41) is 19.6. The number of amides is 1. The zero-order chi connectivity index (χ0) is 16.5. The predicted octanol–water partition coefficient (Wildman–Crippen LogP) is 3.28. The van der Waals surface area contributed by atoms with Gasteiger partial charge in [0, 0.05) is 16.2 Å². The Bertz CT molecular complexity index is 594. The zero-order valence-electron chi connectivity index (χ0n) is 13.3. The van der Waals surface area contributed by atoms with Crippen molar-refractivity contribution in [1.82, 2.24) is 5.32 Å². The quantitative estimate of drug-likeness (QED) is 0.577. The third kappa shape index (κ3) is 3.59. The SMILES string of the molecule is CC1(C)CC(C(=O)Nc2ccc(Cl)cc2)C(=NO)C(C)(C)N1. The number of piperidine rings is 1. The van der Waals surface area contributed by atoms with Crippen molar-refractivity contribution >= 4 is 28.9 Å². The number of rotatable bonds is 2. The number of oxime groups is 1. The summed E-state index contributed by atoms with van der Waals surface area (Å²) in [5.74, 6) is -0.676. The number of hydrogen-bond donors (Lipinski definition) is 3. The molecule has 0 aromatic heterocycles. The normalized spacial score (nSPS) is 25.0. The molecule has 1 fully saturated rings. The van der Waals surface area contributed by atoms with Crippen LogP contribution in [0, 0.1) is 5.92 Å². The number of anilines is 1. The van der Waals surface area contributed by atoms with Gasteiger partial charge in [-0.15, -0.1) is 0 Å². The molecule has 1 atom stereocenters. The van der Waals surface area contributed by atoms with Crippen LogP contribution >= 0.6 is 11.6 Å². The first kappa shape index (κ1) is 16.8. The summed E-state index contributed by atoms with van der Waals surface area (Å²) < 4.78 is 0. The molecule has 0 spiro atoms. The Balaban J connectivity index is 2.24. The number of carbonyl (C=O) groups excluding carboxylic acids is 1. The first-order valence-corrected chi connectivity index (χ1v) is 7.61. The molecule has 1 saturated heterocycles. The minimum Gasteiger partial charge on any atom is -0.411 e. The molecule has 1 aromatic carbocycles. The van der Waals surface area contributed by atoms with Gasteiger partial charge in [0.15, 0.2) is 0 Å². The lowest BCUT2D eigenvalue weighted by Gasteiger charge is -2.46. The summed E-state index contributed by atoms with van der Waals surface area (Å²) in [6.07, 6.45) is 0.551. The second kappa shape index (κ2) is 5.89. The molecule has 1 aliphatic heterocycles. The first-order chi connectivity index (χ1) is 10.1. The van der Waals surface area contributed by atoms with Crippen LogP contribution in [0.2, 0.25) is 5.02 Å². The number of hydrogen-bond acceptors (Lipinski definition) is 4. The maximum atomic E-state index is 12.6. The standard InChI is InChI=1S/C16H22ClN3O2/c1-15(2)9-12(13(19-22)16(3,4)20-15)14(21)18-11-7-5-10(17)6-8-11/h5-8,12,20,22H,9H2,1-4H3,(H,18,21). The minimum absolute atomic E-state index is 0.183. The van der Waals surface area contributed by atoms with Gasteiger partial charge in [-0.05, 0) is 58.4 Å². The van der Waals surface area contributed by atoms with Gasteiger partial charge >= 0.3 is 0 Å². The van der Waals surface area contributed by atoms with E-state index in [-0.39, 0.29) is 11.4 Å². The lowest BCUT2D eigenvalue weighted by atomic mass is 9.74. The highest BCUT2D eigenvalue weighted by molar-refractivity contribution is 6.30. The van der Waals surface area contributed by atoms with Crippen molar-refractivity contribution in [3.8, 4) is 0 Å². The van der Waals surface area contributed by atoms with Gasteiger partial charge in [-0.3, -0.25) is 4.79 Å². The van der Waals surface area contributed by atoms with Gasteiger partial charge in [-0.25, -0.2) is 0 Å². The summed E-state index contributed by atoms with van der Waals surface area (Å²) in [6, 6.07) is 6.92. The van der Waals surface area contributed by atoms with Crippen LogP contribution in [-0.4, -0.2) is 27.9 Å². The van der Waals surface area contributed by atoms with Crippen molar-refractivity contribution in [2.24, 2.45) is 11.1 Å². The van der Waals surface area contributed by atoms with Crippen molar-refractivity contribution < 1.29 is 10.0 Å². The molecule has 3 N–H and O–H groups in total. The second-order valence-electron chi connectivity index (χ2n) is 6.87. The Morgan fingerprint density at radius 3 is 2.45 bits per heavy atom. The lowest BCUT2D eigenvalue weighted by Crippen LogP contribution is -2.65. The third-order valence-corrected chi connectivity index (χ3v) is 4.12. The van der Waals surface area contributed by atoms with E-state index in [0.717, 1.165) is 0 Å². The second-order valence-corrected chi connectivity index (χ2v) is 7.31. The molecule has 1 heterocycles. The van der Waals surface area contributed by atoms with Crippen LogP contribution in [0.4, 0.5) is 5.69 Å². The highest BCUT2D eigenvalue weighted by Crippen LogP contribution is 2.32. The molecule has 1 aromatic rings. The molecule has 120 valence electrons. The smallest absolute Gasteiger partial charge is 0.233 e. The molecule has 1 amide bonds. The fourth-order valence-corrected chi connectivity index (χ4v) is 3.30. The molecule has 0 saturated carbocycles. The van der Waals surface area contributed by atoms with Gasteiger partial charge in [0.1, 0.15) is 0 Å². The van der Waals surface area contributed by atoms with Crippen molar-refractivity contribution in [3.63, 3.8) is 0 Å². The molecule has 22 heavy (non-hydrogen) atoms. The largest absolute Gasteiger partial charge is 0.411 e. The molecule has 0 radical (unpaired) electrons. The summed E-state index contributed by atoms with van der Waals surface area (Å²) >= 11 is 5.84. The summed E-state index contributed by atoms with van der Waals surface area (Å²) in [6.45, 7) is 7.88. The van der Waals surface area contributed by atoms with E-state index < -0.39 is 11.5 Å². The lowest BCUT2D eigenvalue weighted by molar-refractivity contribution is -0.119. The highest BCUT2D eigenvalue weighted by atomic mass is 35.5. The minimum atomic E-state index is -0.557. The van der Waals surface area contributed by atoms with Gasteiger partial charge in [0.05, 0.1) is 17.2 Å². The predicted molar refractivity (Wildman–Crippen MR) is 88.7 cm³/mol. The van der Waals surface area contributed by atoms with Crippen molar-refractivity contribution in [2.75, 3.05) is 5.32 Å². The van der Waals surface area contributed by atoms with Crippen LogP contribution < -0.4 is 10.6 Å². The molecule has 0 aliphatic carbocycles. The number of carbonyl (C=O) groups is 1. The van der Waals surface area contributed by atoms with Crippen molar-refractivity contribution in [1.29, 1.82) is 0 Å². The average Bonchev–Trinajstić information content (AvgIpc) is 2.38. The van der Waals surface area contributed by atoms with Gasteiger partial charge < -0.3 is 15.8 Å². The summed E-state index contributed by atoms with van der Waals surface area (Å²) in [5.41, 5.74) is 0.317. The van der Waals surface area contributed by atoms with Crippen LogP contribution in [-0.2, 0) is 4.79 Å². The topological polar surface area (TPSA) is 73.7 Å². The number of nitrogens with one attached hydrogen (secondary N) is 2. The van der Waals surface area contributed by atoms with Crippen LogP contribution in [0.3, 0.4) is 0 Å². The van der Waals surface area contributed by atoms with Crippen LogP contribution in [0.15, 0.2) is 29.4 Å². The highest BCUT2D eigenvalue weighted by Gasteiger charge is 2.46. The molecular formula is C16H22ClN3O2. The van der Waals surface area contributed by atoms with Gasteiger partial charge in [0.2, 0.25) is 5.91 Å². The van der Waals surface area contributed by atoms with E-state index in [4.69, 9.17) is 11.6 Å². The van der Waals surface area contributed by atoms with Gasteiger partial charge in [-0.2, -0.15) is 0 Å². The summed E-state index contributed by atoms with van der Waals surface area (Å²) in [4.78, 5) is 12.6. The maximum absolute atomic E-state index is 12.6.